The highest BCUT2D eigenvalue weighted by Gasteiger charge is 2.29. The predicted molar refractivity (Wildman–Crippen MR) is 109 cm³/mol. The second-order valence-corrected chi connectivity index (χ2v) is 9.07. The Hall–Kier alpha value is -2.39. The van der Waals surface area contributed by atoms with Crippen LogP contribution in [-0.2, 0) is 21.1 Å². The Bertz CT molecular complexity index is 1140. The largest absolute Gasteiger partial charge is 0.356 e. The van der Waals surface area contributed by atoms with Gasteiger partial charge in [0.05, 0.1) is 4.90 Å². The molecule has 0 aliphatic carbocycles. The van der Waals surface area contributed by atoms with E-state index in [1.54, 1.807) is 41.1 Å². The maximum absolute atomic E-state index is 13.3. The lowest BCUT2D eigenvalue weighted by atomic mass is 10.1. The van der Waals surface area contributed by atoms with Crippen molar-refractivity contribution < 1.29 is 13.2 Å². The molecule has 0 radical (unpaired) electrons. The van der Waals surface area contributed by atoms with Crippen LogP contribution in [-0.4, -0.2) is 41.7 Å². The van der Waals surface area contributed by atoms with Gasteiger partial charge in [0.2, 0.25) is 15.7 Å². The molecule has 0 fully saturated rings. The molecule has 3 aromatic rings. The fraction of sp³-hybridized carbons (Fsp3) is 0.316. The molecule has 9 heteroatoms. The van der Waals surface area contributed by atoms with Crippen LogP contribution >= 0.6 is 11.8 Å². The maximum Gasteiger partial charge on any atom is 0.216 e. The fourth-order valence-electron chi connectivity index (χ4n) is 3.13. The predicted octanol–water partition coefficient (Wildman–Crippen LogP) is 2.58. The van der Waals surface area contributed by atoms with Crippen molar-refractivity contribution in [3.8, 4) is 0 Å². The van der Waals surface area contributed by atoms with Crippen LogP contribution in [0.5, 0.6) is 0 Å². The number of aromatic nitrogens is 3. The summed E-state index contributed by atoms with van der Waals surface area (Å²) in [4.78, 5) is 16.1. The molecule has 1 amide bonds. The summed E-state index contributed by atoms with van der Waals surface area (Å²) < 4.78 is 28.2. The summed E-state index contributed by atoms with van der Waals surface area (Å²) in [5, 5.41) is 7.71. The molecule has 0 spiro atoms. The molecular formula is C19H22N4O3S2. The molecule has 0 atom stereocenters. The number of amides is 1. The molecule has 0 bridgehead atoms. The molecule has 0 aliphatic heterocycles. The number of carbonyl (C=O) groups is 1. The molecular weight excluding hydrogens is 396 g/mol. The molecule has 3 rings (SSSR count). The van der Waals surface area contributed by atoms with Gasteiger partial charge in [0.1, 0.15) is 5.03 Å². The molecule has 0 saturated heterocycles. The summed E-state index contributed by atoms with van der Waals surface area (Å²) in [6.07, 6.45) is 2.39. The van der Waals surface area contributed by atoms with Gasteiger partial charge >= 0.3 is 0 Å². The van der Waals surface area contributed by atoms with E-state index in [1.165, 1.54) is 18.7 Å². The van der Waals surface area contributed by atoms with E-state index in [0.29, 0.717) is 23.6 Å². The van der Waals surface area contributed by atoms with Gasteiger partial charge in [-0.3, -0.25) is 4.79 Å². The summed E-state index contributed by atoms with van der Waals surface area (Å²) in [6.45, 7) is 5.69. The van der Waals surface area contributed by atoms with Gasteiger partial charge in [-0.05, 0) is 44.2 Å². The van der Waals surface area contributed by atoms with Crippen LogP contribution in [0.25, 0.3) is 5.65 Å². The Labute approximate surface area is 168 Å². The normalized spacial score (nSPS) is 11.7. The van der Waals surface area contributed by atoms with Crippen LogP contribution < -0.4 is 5.32 Å². The summed E-state index contributed by atoms with van der Waals surface area (Å²) in [5.41, 5.74) is 2.82. The monoisotopic (exact) mass is 418 g/mol. The number of hydrogen-bond acceptors (Lipinski definition) is 6. The molecule has 0 saturated carbocycles. The van der Waals surface area contributed by atoms with E-state index in [4.69, 9.17) is 0 Å². The summed E-state index contributed by atoms with van der Waals surface area (Å²) >= 11 is 1.28. The van der Waals surface area contributed by atoms with Crippen molar-refractivity contribution in [2.75, 3.05) is 12.8 Å². The third-order valence-corrected chi connectivity index (χ3v) is 7.13. The highest BCUT2D eigenvalue weighted by atomic mass is 32.2. The zero-order valence-electron chi connectivity index (χ0n) is 16.2. The SMILES string of the molecule is CSc1nn2c(C)c(CCNC(C)=O)c(C)nc2c1S(=O)(=O)c1ccccc1. The number of carbonyl (C=O) groups excluding carboxylic acids is 1. The Balaban J connectivity index is 2.19. The lowest BCUT2D eigenvalue weighted by Crippen LogP contribution is -2.23. The van der Waals surface area contributed by atoms with Crippen LogP contribution in [0.4, 0.5) is 0 Å². The van der Waals surface area contributed by atoms with Gasteiger partial charge in [-0.25, -0.2) is 17.9 Å². The smallest absolute Gasteiger partial charge is 0.216 e. The Morgan fingerprint density at radius 3 is 2.50 bits per heavy atom. The standard InChI is InChI=1S/C19H22N4O3S2/c1-12-16(10-11-20-14(3)24)13(2)23-18(21-12)17(19(22-23)27-4)28(25,26)15-8-6-5-7-9-15/h5-9H,10-11H2,1-4H3,(H,20,24). The van der Waals surface area contributed by atoms with Gasteiger partial charge in [0, 0.05) is 24.9 Å². The number of fused-ring (bicyclic) bond motifs is 1. The van der Waals surface area contributed by atoms with Crippen molar-refractivity contribution in [1.82, 2.24) is 19.9 Å². The summed E-state index contributed by atoms with van der Waals surface area (Å²) in [7, 11) is -3.76. The zero-order valence-corrected chi connectivity index (χ0v) is 17.8. The Morgan fingerprint density at radius 2 is 1.89 bits per heavy atom. The lowest BCUT2D eigenvalue weighted by Gasteiger charge is -2.12. The van der Waals surface area contributed by atoms with Crippen molar-refractivity contribution in [3.63, 3.8) is 0 Å². The zero-order chi connectivity index (χ0) is 20.5. The van der Waals surface area contributed by atoms with E-state index in [1.807, 2.05) is 13.8 Å². The lowest BCUT2D eigenvalue weighted by molar-refractivity contribution is -0.118. The van der Waals surface area contributed by atoms with Crippen LogP contribution in [0.3, 0.4) is 0 Å². The number of hydrogen-bond donors (Lipinski definition) is 1. The second kappa shape index (κ2) is 7.92. The van der Waals surface area contributed by atoms with Crippen molar-refractivity contribution in [2.45, 2.75) is 42.0 Å². The third-order valence-electron chi connectivity index (χ3n) is 4.52. The number of thioether (sulfide) groups is 1. The Morgan fingerprint density at radius 1 is 1.21 bits per heavy atom. The number of nitrogens with one attached hydrogen (secondary N) is 1. The van der Waals surface area contributed by atoms with Crippen LogP contribution in [0.15, 0.2) is 45.1 Å². The van der Waals surface area contributed by atoms with Crippen molar-refractivity contribution in [3.05, 3.63) is 47.3 Å². The van der Waals surface area contributed by atoms with E-state index in [-0.39, 0.29) is 15.7 Å². The first-order valence-electron chi connectivity index (χ1n) is 8.74. The minimum absolute atomic E-state index is 0.0932. The van der Waals surface area contributed by atoms with E-state index < -0.39 is 9.84 Å². The number of aryl methyl sites for hydroxylation is 2. The third kappa shape index (κ3) is 3.64. The Kier molecular flexibility index (Phi) is 5.76. The molecule has 1 N–H and O–H groups in total. The average Bonchev–Trinajstić information content (AvgIpc) is 3.04. The molecule has 2 heterocycles. The highest BCUT2D eigenvalue weighted by Crippen LogP contribution is 2.33. The first-order valence-corrected chi connectivity index (χ1v) is 11.5. The van der Waals surface area contributed by atoms with E-state index in [9.17, 15) is 13.2 Å². The van der Waals surface area contributed by atoms with E-state index in [2.05, 4.69) is 15.4 Å². The molecule has 2 aromatic heterocycles. The second-order valence-electron chi connectivity index (χ2n) is 6.38. The topological polar surface area (TPSA) is 93.4 Å². The number of sulfone groups is 1. The van der Waals surface area contributed by atoms with E-state index >= 15 is 0 Å². The summed E-state index contributed by atoms with van der Waals surface area (Å²) in [6, 6.07) is 8.32. The molecule has 0 aliphatic rings. The van der Waals surface area contributed by atoms with Crippen LogP contribution in [0, 0.1) is 13.8 Å². The molecule has 0 unspecified atom stereocenters. The summed E-state index contributed by atoms with van der Waals surface area (Å²) in [5.74, 6) is -0.0932. The maximum atomic E-state index is 13.3. The van der Waals surface area contributed by atoms with Gasteiger partial charge in [0.15, 0.2) is 10.5 Å². The van der Waals surface area contributed by atoms with Crippen molar-refractivity contribution in [1.29, 1.82) is 0 Å². The highest BCUT2D eigenvalue weighted by molar-refractivity contribution is 7.99. The first kappa shape index (κ1) is 20.3. The van der Waals surface area contributed by atoms with Crippen molar-refractivity contribution >= 4 is 33.2 Å². The van der Waals surface area contributed by atoms with Gasteiger partial charge in [0.25, 0.3) is 0 Å². The average molecular weight is 419 g/mol. The molecule has 28 heavy (non-hydrogen) atoms. The number of benzene rings is 1. The van der Waals surface area contributed by atoms with Gasteiger partial charge in [-0.2, -0.15) is 5.10 Å². The first-order chi connectivity index (χ1) is 13.3. The molecule has 148 valence electrons. The minimum Gasteiger partial charge on any atom is -0.356 e. The number of nitrogens with zero attached hydrogens (tertiary/aromatic N) is 3. The fourth-order valence-corrected chi connectivity index (χ4v) is 5.55. The van der Waals surface area contributed by atoms with Crippen LogP contribution in [0.2, 0.25) is 0 Å². The van der Waals surface area contributed by atoms with Crippen molar-refractivity contribution in [2.24, 2.45) is 0 Å². The molecule has 1 aromatic carbocycles. The number of rotatable bonds is 6. The van der Waals surface area contributed by atoms with Gasteiger partial charge < -0.3 is 5.32 Å². The van der Waals surface area contributed by atoms with E-state index in [0.717, 1.165) is 17.0 Å². The quantitative estimate of drug-likeness (QED) is 0.619. The van der Waals surface area contributed by atoms with Crippen LogP contribution in [0.1, 0.15) is 23.9 Å². The molecule has 7 nitrogen and oxygen atoms in total. The van der Waals surface area contributed by atoms with Gasteiger partial charge in [-0.1, -0.05) is 18.2 Å². The minimum atomic E-state index is -3.76. The van der Waals surface area contributed by atoms with Gasteiger partial charge in [-0.15, -0.1) is 11.8 Å².